The van der Waals surface area contributed by atoms with Gasteiger partial charge in [-0.15, -0.1) is 0 Å². The van der Waals surface area contributed by atoms with E-state index in [9.17, 15) is 9.18 Å². The summed E-state index contributed by atoms with van der Waals surface area (Å²) in [4.78, 5) is 20.0. The molecule has 0 aliphatic heterocycles. The van der Waals surface area contributed by atoms with Gasteiger partial charge in [0.25, 0.3) is 5.56 Å². The van der Waals surface area contributed by atoms with Gasteiger partial charge in [-0.05, 0) is 23.6 Å². The van der Waals surface area contributed by atoms with Crippen molar-refractivity contribution in [1.29, 1.82) is 0 Å². The highest BCUT2D eigenvalue weighted by Crippen LogP contribution is 2.20. The van der Waals surface area contributed by atoms with Gasteiger partial charge in [0.05, 0.1) is 5.69 Å². The van der Waals surface area contributed by atoms with Crippen molar-refractivity contribution in [3.8, 4) is 0 Å². The minimum absolute atomic E-state index is 0.149. The van der Waals surface area contributed by atoms with Crippen molar-refractivity contribution in [2.75, 3.05) is 6.54 Å². The maximum absolute atomic E-state index is 13.2. The topological polar surface area (TPSA) is 50.5 Å². The molecule has 1 aromatic carbocycles. The quantitative estimate of drug-likeness (QED) is 0.612. The maximum Gasteiger partial charge on any atom is 0.275 e. The van der Waals surface area contributed by atoms with E-state index >= 15 is 0 Å². The minimum Gasteiger partial charge on any atom is -0.293 e. The molecule has 0 amide bonds. The van der Waals surface area contributed by atoms with Crippen molar-refractivity contribution in [2.24, 2.45) is 5.92 Å². The van der Waals surface area contributed by atoms with Crippen LogP contribution in [0.3, 0.4) is 0 Å². The third-order valence-corrected chi connectivity index (χ3v) is 5.34. The van der Waals surface area contributed by atoms with Gasteiger partial charge in [-0.25, -0.2) is 9.37 Å². The number of nitrogens with zero attached hydrogens (tertiary/aromatic N) is 4. The Hall–Kier alpha value is -2.12. The Labute approximate surface area is 162 Å². The second-order valence-corrected chi connectivity index (χ2v) is 8.55. The van der Waals surface area contributed by atoms with Gasteiger partial charge in [0, 0.05) is 31.6 Å². The predicted octanol–water partition coefficient (Wildman–Crippen LogP) is 4.07. The van der Waals surface area contributed by atoms with Crippen molar-refractivity contribution in [1.82, 2.24) is 19.5 Å². The number of hydrogen-bond donors (Lipinski definition) is 0. The summed E-state index contributed by atoms with van der Waals surface area (Å²) < 4.78 is 14.6. The molecule has 2 heterocycles. The zero-order valence-electron chi connectivity index (χ0n) is 16.1. The summed E-state index contributed by atoms with van der Waals surface area (Å²) in [5, 5.41) is 5.27. The molecule has 0 radical (unpaired) electrons. The second-order valence-electron chi connectivity index (χ2n) is 7.57. The molecule has 0 saturated heterocycles. The van der Waals surface area contributed by atoms with E-state index in [0.717, 1.165) is 22.8 Å². The molecule has 0 atom stereocenters. The summed E-state index contributed by atoms with van der Waals surface area (Å²) in [6.45, 7) is 10.5. The van der Waals surface area contributed by atoms with Crippen LogP contribution >= 0.6 is 11.3 Å². The summed E-state index contributed by atoms with van der Waals surface area (Å²) in [6.07, 6.45) is 0. The van der Waals surface area contributed by atoms with Crippen molar-refractivity contribution < 1.29 is 4.39 Å². The molecule has 27 heavy (non-hydrogen) atoms. The molecule has 7 heteroatoms. The SMILES string of the molecule is CC(C)CN(Cc1ccc(F)cc1)Cc1cc(=O)n2nc(C(C)C)sc2n1. The molecule has 0 saturated carbocycles. The van der Waals surface area contributed by atoms with Crippen LogP contribution in [-0.4, -0.2) is 26.0 Å². The maximum atomic E-state index is 13.2. The van der Waals surface area contributed by atoms with Crippen LogP contribution in [0.4, 0.5) is 4.39 Å². The zero-order chi connectivity index (χ0) is 19.6. The van der Waals surface area contributed by atoms with Crippen LogP contribution < -0.4 is 5.56 Å². The Morgan fingerprint density at radius 3 is 2.48 bits per heavy atom. The van der Waals surface area contributed by atoms with Gasteiger partial charge >= 0.3 is 0 Å². The van der Waals surface area contributed by atoms with Crippen molar-refractivity contribution in [3.63, 3.8) is 0 Å². The smallest absolute Gasteiger partial charge is 0.275 e. The fourth-order valence-electron chi connectivity index (χ4n) is 2.96. The zero-order valence-corrected chi connectivity index (χ0v) is 17.0. The molecule has 3 rings (SSSR count). The Morgan fingerprint density at radius 2 is 1.85 bits per heavy atom. The number of aromatic nitrogens is 3. The first kappa shape index (κ1) is 19.6. The van der Waals surface area contributed by atoms with E-state index in [1.807, 2.05) is 0 Å². The van der Waals surface area contributed by atoms with Crippen LogP contribution in [0, 0.1) is 11.7 Å². The fraction of sp³-hybridized carbons (Fsp3) is 0.450. The van der Waals surface area contributed by atoms with E-state index in [1.165, 1.54) is 28.0 Å². The molecular formula is C20H25FN4OS. The highest BCUT2D eigenvalue weighted by atomic mass is 32.1. The van der Waals surface area contributed by atoms with Crippen LogP contribution in [0.5, 0.6) is 0 Å². The van der Waals surface area contributed by atoms with Crippen molar-refractivity contribution in [3.05, 3.63) is 62.8 Å². The second kappa shape index (κ2) is 8.27. The van der Waals surface area contributed by atoms with Gasteiger partial charge < -0.3 is 0 Å². The molecule has 5 nitrogen and oxygen atoms in total. The molecule has 0 fully saturated rings. The van der Waals surface area contributed by atoms with Gasteiger partial charge in [-0.2, -0.15) is 9.61 Å². The Balaban J connectivity index is 1.86. The van der Waals surface area contributed by atoms with Gasteiger partial charge in [0.15, 0.2) is 0 Å². The molecule has 2 aromatic heterocycles. The van der Waals surface area contributed by atoms with E-state index in [2.05, 4.69) is 42.7 Å². The summed E-state index contributed by atoms with van der Waals surface area (Å²) >= 11 is 1.46. The summed E-state index contributed by atoms with van der Waals surface area (Å²) in [7, 11) is 0. The first-order chi connectivity index (χ1) is 12.8. The number of halogens is 1. The largest absolute Gasteiger partial charge is 0.293 e. The number of fused-ring (bicyclic) bond motifs is 1. The number of benzene rings is 1. The molecule has 0 bridgehead atoms. The lowest BCUT2D eigenvalue weighted by Gasteiger charge is -2.24. The van der Waals surface area contributed by atoms with Crippen molar-refractivity contribution in [2.45, 2.75) is 46.7 Å². The molecule has 144 valence electrons. The molecule has 0 spiro atoms. The predicted molar refractivity (Wildman–Crippen MR) is 107 cm³/mol. The van der Waals surface area contributed by atoms with Gasteiger partial charge in [-0.1, -0.05) is 51.2 Å². The Kier molecular flexibility index (Phi) is 6.01. The van der Waals surface area contributed by atoms with Crippen LogP contribution in [0.2, 0.25) is 0 Å². The molecule has 3 aromatic rings. The molecule has 0 unspecified atom stereocenters. The van der Waals surface area contributed by atoms with E-state index in [0.29, 0.717) is 24.0 Å². The lowest BCUT2D eigenvalue weighted by Crippen LogP contribution is -2.28. The van der Waals surface area contributed by atoms with Gasteiger partial charge in [0.1, 0.15) is 10.8 Å². The van der Waals surface area contributed by atoms with Crippen LogP contribution in [0.25, 0.3) is 4.96 Å². The average Bonchev–Trinajstić information content (AvgIpc) is 3.01. The lowest BCUT2D eigenvalue weighted by molar-refractivity contribution is 0.225. The molecule has 0 aliphatic rings. The lowest BCUT2D eigenvalue weighted by atomic mass is 10.1. The Bertz CT molecular complexity index is 962. The van der Waals surface area contributed by atoms with Crippen LogP contribution in [0.1, 0.15) is 49.9 Å². The number of hydrogen-bond acceptors (Lipinski definition) is 5. The highest BCUT2D eigenvalue weighted by molar-refractivity contribution is 7.16. The minimum atomic E-state index is -0.236. The van der Waals surface area contributed by atoms with Crippen LogP contribution in [-0.2, 0) is 13.1 Å². The van der Waals surface area contributed by atoms with Gasteiger partial charge in [-0.3, -0.25) is 9.69 Å². The third-order valence-electron chi connectivity index (χ3n) is 4.14. The molecule has 0 aliphatic carbocycles. The summed E-state index contributed by atoms with van der Waals surface area (Å²) in [5.74, 6) is 0.488. The first-order valence-corrected chi connectivity index (χ1v) is 10.00. The van der Waals surface area contributed by atoms with Crippen molar-refractivity contribution >= 4 is 16.3 Å². The monoisotopic (exact) mass is 388 g/mol. The number of rotatable bonds is 7. The summed E-state index contributed by atoms with van der Waals surface area (Å²) in [5.41, 5.74) is 1.63. The highest BCUT2D eigenvalue weighted by Gasteiger charge is 2.15. The third kappa shape index (κ3) is 4.99. The van der Waals surface area contributed by atoms with E-state index in [-0.39, 0.29) is 17.3 Å². The Morgan fingerprint density at radius 1 is 1.15 bits per heavy atom. The standard InChI is InChI=1S/C20H25FN4OS/c1-13(2)10-24(11-15-5-7-16(21)8-6-15)12-17-9-18(26)25-20(22-17)27-19(23-25)14(3)4/h5-9,13-14H,10-12H2,1-4H3. The molecular weight excluding hydrogens is 363 g/mol. The fourth-order valence-corrected chi connectivity index (χ4v) is 3.89. The van der Waals surface area contributed by atoms with E-state index < -0.39 is 0 Å². The molecule has 0 N–H and O–H groups in total. The van der Waals surface area contributed by atoms with E-state index in [1.54, 1.807) is 18.2 Å². The van der Waals surface area contributed by atoms with Gasteiger partial charge in [0.2, 0.25) is 4.96 Å². The normalized spacial score (nSPS) is 12.0. The summed E-state index contributed by atoms with van der Waals surface area (Å²) in [6, 6.07) is 8.11. The van der Waals surface area contributed by atoms with E-state index in [4.69, 9.17) is 0 Å². The first-order valence-electron chi connectivity index (χ1n) is 9.18. The average molecular weight is 389 g/mol. The van der Waals surface area contributed by atoms with Crippen LogP contribution in [0.15, 0.2) is 35.1 Å².